The van der Waals surface area contributed by atoms with E-state index in [0.29, 0.717) is 13.0 Å². The molecule has 0 aliphatic heterocycles. The SMILES string of the molecule is C[NH+](C)CCCNC(=O)C(=O)Nc1sc2c(c1C(=O)[O-])CCC2. The summed E-state index contributed by atoms with van der Waals surface area (Å²) >= 11 is 1.22. The summed E-state index contributed by atoms with van der Waals surface area (Å²) < 4.78 is 0. The lowest BCUT2D eigenvalue weighted by Crippen LogP contribution is -3.05. The number of carboxylic acids is 1. The molecule has 7 nitrogen and oxygen atoms in total. The molecule has 2 rings (SSSR count). The highest BCUT2D eigenvalue weighted by Crippen LogP contribution is 2.38. The fraction of sp³-hybridized carbons (Fsp3) is 0.533. The summed E-state index contributed by atoms with van der Waals surface area (Å²) in [7, 11) is 4.01. The summed E-state index contributed by atoms with van der Waals surface area (Å²) in [5.41, 5.74) is 0.763. The minimum absolute atomic E-state index is 0.0276. The first-order chi connectivity index (χ1) is 10.9. The van der Waals surface area contributed by atoms with Gasteiger partial charge in [-0.2, -0.15) is 0 Å². The van der Waals surface area contributed by atoms with Gasteiger partial charge in [0.2, 0.25) is 0 Å². The maximum Gasteiger partial charge on any atom is 0.314 e. The van der Waals surface area contributed by atoms with Gasteiger partial charge in [0.25, 0.3) is 0 Å². The third-order valence-electron chi connectivity index (χ3n) is 3.70. The number of nitrogens with one attached hydrogen (secondary N) is 3. The summed E-state index contributed by atoms with van der Waals surface area (Å²) in [5, 5.41) is 16.5. The molecular formula is C15H21N3O4S. The average molecular weight is 339 g/mol. The number of rotatable bonds is 6. The van der Waals surface area contributed by atoms with Crippen LogP contribution in [0.1, 0.15) is 33.6 Å². The van der Waals surface area contributed by atoms with Gasteiger partial charge in [0.05, 0.1) is 26.6 Å². The zero-order valence-corrected chi connectivity index (χ0v) is 14.1. The molecule has 1 aliphatic carbocycles. The monoisotopic (exact) mass is 339 g/mol. The highest BCUT2D eigenvalue weighted by molar-refractivity contribution is 7.17. The Bertz CT molecular complexity index is 624. The Morgan fingerprint density at radius 2 is 1.96 bits per heavy atom. The summed E-state index contributed by atoms with van der Waals surface area (Å²) in [6.45, 7) is 1.29. The molecule has 0 saturated heterocycles. The summed E-state index contributed by atoms with van der Waals surface area (Å²) in [6.07, 6.45) is 3.14. The van der Waals surface area contributed by atoms with E-state index < -0.39 is 17.8 Å². The summed E-state index contributed by atoms with van der Waals surface area (Å²) in [6, 6.07) is 0. The van der Waals surface area contributed by atoms with Gasteiger partial charge in [-0.15, -0.1) is 11.3 Å². The zero-order chi connectivity index (χ0) is 17.0. The summed E-state index contributed by atoms with van der Waals surface area (Å²) in [5.74, 6) is -2.91. The van der Waals surface area contributed by atoms with Crippen molar-refractivity contribution in [3.05, 3.63) is 16.0 Å². The Hall–Kier alpha value is -1.93. The number of amides is 2. The van der Waals surface area contributed by atoms with Crippen LogP contribution in [0.2, 0.25) is 0 Å². The molecule has 0 atom stereocenters. The second kappa shape index (κ2) is 7.56. The number of hydrogen-bond acceptors (Lipinski definition) is 5. The molecule has 126 valence electrons. The lowest BCUT2D eigenvalue weighted by atomic mass is 10.1. The van der Waals surface area contributed by atoms with E-state index in [-0.39, 0.29) is 10.6 Å². The van der Waals surface area contributed by atoms with E-state index in [1.54, 1.807) is 0 Å². The van der Waals surface area contributed by atoms with Crippen LogP contribution in [0.4, 0.5) is 5.00 Å². The molecule has 0 aromatic carbocycles. The Morgan fingerprint density at radius 1 is 1.22 bits per heavy atom. The number of aryl methyl sites for hydroxylation is 1. The molecule has 23 heavy (non-hydrogen) atoms. The number of aromatic carboxylic acids is 1. The normalized spacial score (nSPS) is 13.0. The number of anilines is 1. The van der Waals surface area contributed by atoms with Crippen molar-refractivity contribution in [2.75, 3.05) is 32.5 Å². The van der Waals surface area contributed by atoms with Gasteiger partial charge in [-0.1, -0.05) is 0 Å². The Labute approximate surface area is 138 Å². The molecule has 0 fully saturated rings. The van der Waals surface area contributed by atoms with Crippen LogP contribution in [-0.2, 0) is 22.4 Å². The zero-order valence-electron chi connectivity index (χ0n) is 13.3. The number of carbonyl (C=O) groups is 3. The van der Waals surface area contributed by atoms with Gasteiger partial charge in [0.1, 0.15) is 5.00 Å². The van der Waals surface area contributed by atoms with E-state index in [1.807, 2.05) is 14.1 Å². The van der Waals surface area contributed by atoms with Crippen molar-refractivity contribution in [3.8, 4) is 0 Å². The number of hydrogen-bond donors (Lipinski definition) is 3. The van der Waals surface area contributed by atoms with E-state index in [0.717, 1.165) is 36.2 Å². The first-order valence-corrected chi connectivity index (χ1v) is 8.46. The predicted molar refractivity (Wildman–Crippen MR) is 84.6 cm³/mol. The number of quaternary nitrogens is 1. The number of carboxylic acid groups (broad SMARTS) is 1. The van der Waals surface area contributed by atoms with Gasteiger partial charge in [-0.05, 0) is 24.8 Å². The molecular weight excluding hydrogens is 318 g/mol. The molecule has 8 heteroatoms. The predicted octanol–water partition coefficient (Wildman–Crippen LogP) is -1.81. The van der Waals surface area contributed by atoms with Gasteiger partial charge >= 0.3 is 11.8 Å². The third kappa shape index (κ3) is 4.29. The molecule has 0 saturated carbocycles. The van der Waals surface area contributed by atoms with Gasteiger partial charge in [0, 0.05) is 23.4 Å². The lowest BCUT2D eigenvalue weighted by Gasteiger charge is -2.10. The standard InChI is InChI=1S/C15H21N3O4S/c1-18(2)8-4-7-16-12(19)13(20)17-14-11(15(21)22)9-5-3-6-10(9)23-14/h3-8H2,1-2H3,(H,16,19)(H,17,20)(H,21,22). The number of carbonyl (C=O) groups excluding carboxylic acids is 3. The molecule has 0 unspecified atom stereocenters. The molecule has 0 bridgehead atoms. The molecule has 3 N–H and O–H groups in total. The van der Waals surface area contributed by atoms with Crippen LogP contribution in [-0.4, -0.2) is 45.0 Å². The van der Waals surface area contributed by atoms with Gasteiger partial charge in [-0.3, -0.25) is 9.59 Å². The second-order valence-corrected chi connectivity index (χ2v) is 6.97. The van der Waals surface area contributed by atoms with Crippen molar-refractivity contribution in [1.82, 2.24) is 5.32 Å². The van der Waals surface area contributed by atoms with E-state index >= 15 is 0 Å². The lowest BCUT2D eigenvalue weighted by molar-refractivity contribution is -0.858. The maximum atomic E-state index is 11.9. The maximum absolute atomic E-state index is 11.9. The molecule has 1 aliphatic rings. The van der Waals surface area contributed by atoms with Crippen LogP contribution in [0.5, 0.6) is 0 Å². The van der Waals surface area contributed by atoms with Crippen molar-refractivity contribution >= 4 is 34.1 Å². The molecule has 2 amide bonds. The number of thiophene rings is 1. The fourth-order valence-electron chi connectivity index (χ4n) is 2.59. The Morgan fingerprint density at radius 3 is 2.61 bits per heavy atom. The minimum atomic E-state index is -1.31. The van der Waals surface area contributed by atoms with E-state index in [4.69, 9.17) is 0 Å². The van der Waals surface area contributed by atoms with Crippen LogP contribution in [0.25, 0.3) is 0 Å². The van der Waals surface area contributed by atoms with Crippen molar-refractivity contribution in [3.63, 3.8) is 0 Å². The third-order valence-corrected chi connectivity index (χ3v) is 4.91. The van der Waals surface area contributed by atoms with Gasteiger partial charge < -0.3 is 25.4 Å². The number of fused-ring (bicyclic) bond motifs is 1. The highest BCUT2D eigenvalue weighted by atomic mass is 32.1. The van der Waals surface area contributed by atoms with Crippen LogP contribution < -0.4 is 20.6 Å². The first kappa shape index (κ1) is 17.4. The fourth-order valence-corrected chi connectivity index (χ4v) is 3.86. The van der Waals surface area contributed by atoms with Crippen LogP contribution in [0.15, 0.2) is 0 Å². The second-order valence-electron chi connectivity index (χ2n) is 5.87. The first-order valence-electron chi connectivity index (χ1n) is 7.64. The van der Waals surface area contributed by atoms with Gasteiger partial charge in [-0.25, -0.2) is 0 Å². The quantitative estimate of drug-likeness (QED) is 0.420. The molecule has 1 aromatic rings. The molecule has 0 radical (unpaired) electrons. The van der Waals surface area contributed by atoms with Crippen LogP contribution in [0.3, 0.4) is 0 Å². The van der Waals surface area contributed by atoms with Crippen LogP contribution >= 0.6 is 11.3 Å². The summed E-state index contributed by atoms with van der Waals surface area (Å²) in [4.78, 5) is 37.2. The highest BCUT2D eigenvalue weighted by Gasteiger charge is 2.25. The topological polar surface area (TPSA) is 103 Å². The minimum Gasteiger partial charge on any atom is -0.545 e. The smallest absolute Gasteiger partial charge is 0.314 e. The van der Waals surface area contributed by atoms with E-state index in [2.05, 4.69) is 10.6 Å². The molecule has 1 aromatic heterocycles. The van der Waals surface area contributed by atoms with Crippen LogP contribution in [0, 0.1) is 0 Å². The molecule has 0 spiro atoms. The van der Waals surface area contributed by atoms with Crippen molar-refractivity contribution < 1.29 is 24.4 Å². The van der Waals surface area contributed by atoms with E-state index in [1.165, 1.54) is 16.2 Å². The largest absolute Gasteiger partial charge is 0.545 e. The molecule has 1 heterocycles. The van der Waals surface area contributed by atoms with Crippen molar-refractivity contribution in [1.29, 1.82) is 0 Å². The van der Waals surface area contributed by atoms with Gasteiger partial charge in [0.15, 0.2) is 0 Å². The van der Waals surface area contributed by atoms with Crippen molar-refractivity contribution in [2.45, 2.75) is 25.7 Å². The van der Waals surface area contributed by atoms with E-state index in [9.17, 15) is 19.5 Å². The Kier molecular flexibility index (Phi) is 5.73. The average Bonchev–Trinajstić information content (AvgIpc) is 3.02. The Balaban J connectivity index is 1.95. The van der Waals surface area contributed by atoms with Crippen molar-refractivity contribution in [2.24, 2.45) is 0 Å².